The summed E-state index contributed by atoms with van der Waals surface area (Å²) in [5, 5.41) is 8.05. The molecular formula is C39H28. The first kappa shape index (κ1) is 22.3. The normalized spacial score (nSPS) is 16.1. The SMILES string of the molecule is Cc1cc2c3c(ccc4cc(-c5ccc(-c6cccc7ccccc67)cc5)cc(c43)C2(C)c2ccccc2)c1. The molecular weight excluding hydrogens is 468 g/mol. The molecule has 0 aliphatic heterocycles. The van der Waals surface area contributed by atoms with Crippen molar-refractivity contribution in [3.63, 3.8) is 0 Å². The maximum atomic E-state index is 2.46. The Labute approximate surface area is 229 Å². The average Bonchev–Trinajstić information content (AvgIpc) is 3.25. The van der Waals surface area contributed by atoms with Gasteiger partial charge in [-0.05, 0) is 97.2 Å². The molecule has 0 bridgehead atoms. The summed E-state index contributed by atoms with van der Waals surface area (Å²) < 4.78 is 0. The van der Waals surface area contributed by atoms with Crippen molar-refractivity contribution in [1.82, 2.24) is 0 Å². The number of benzene rings is 7. The van der Waals surface area contributed by atoms with Crippen LogP contribution in [0.15, 0.2) is 133 Å². The fourth-order valence-corrected chi connectivity index (χ4v) is 6.98. The number of rotatable bonds is 3. The predicted octanol–water partition coefficient (Wildman–Crippen LogP) is 10.5. The van der Waals surface area contributed by atoms with Gasteiger partial charge in [0.25, 0.3) is 0 Å². The van der Waals surface area contributed by atoms with Gasteiger partial charge in [0.1, 0.15) is 0 Å². The van der Waals surface area contributed by atoms with E-state index in [0.717, 1.165) is 0 Å². The molecule has 0 spiro atoms. The van der Waals surface area contributed by atoms with Crippen LogP contribution in [0.2, 0.25) is 0 Å². The van der Waals surface area contributed by atoms with E-state index in [1.54, 1.807) is 0 Å². The van der Waals surface area contributed by atoms with Gasteiger partial charge < -0.3 is 0 Å². The fourth-order valence-electron chi connectivity index (χ4n) is 6.98. The van der Waals surface area contributed by atoms with Crippen molar-refractivity contribution in [2.24, 2.45) is 0 Å². The van der Waals surface area contributed by atoms with Crippen LogP contribution in [0.5, 0.6) is 0 Å². The number of aryl methyl sites for hydroxylation is 1. The van der Waals surface area contributed by atoms with Crippen LogP contribution >= 0.6 is 0 Å². The first-order valence-corrected chi connectivity index (χ1v) is 13.8. The monoisotopic (exact) mass is 496 g/mol. The molecule has 7 aromatic carbocycles. The molecule has 0 aromatic heterocycles. The highest BCUT2D eigenvalue weighted by Gasteiger charge is 2.39. The summed E-state index contributed by atoms with van der Waals surface area (Å²) in [6, 6.07) is 49.6. The van der Waals surface area contributed by atoms with Crippen LogP contribution in [0.25, 0.3) is 54.6 Å². The second kappa shape index (κ2) is 8.16. The van der Waals surface area contributed by atoms with E-state index < -0.39 is 0 Å². The van der Waals surface area contributed by atoms with Crippen molar-refractivity contribution in [3.05, 3.63) is 156 Å². The number of fused-ring (bicyclic) bond motifs is 1. The highest BCUT2D eigenvalue weighted by molar-refractivity contribution is 6.16. The summed E-state index contributed by atoms with van der Waals surface area (Å²) in [6.07, 6.45) is 0. The van der Waals surface area contributed by atoms with Crippen LogP contribution in [0.1, 0.15) is 29.2 Å². The molecule has 0 nitrogen and oxygen atoms in total. The maximum Gasteiger partial charge on any atom is 0.0436 e. The van der Waals surface area contributed by atoms with Crippen LogP contribution in [-0.2, 0) is 5.41 Å². The first-order chi connectivity index (χ1) is 19.1. The number of hydrogen-bond donors (Lipinski definition) is 0. The maximum absolute atomic E-state index is 2.46. The topological polar surface area (TPSA) is 0 Å². The van der Waals surface area contributed by atoms with Crippen LogP contribution in [0, 0.1) is 6.92 Å². The lowest BCUT2D eigenvalue weighted by atomic mass is 9.73. The third-order valence-electron chi connectivity index (χ3n) is 8.92. The molecule has 7 aromatic rings. The minimum absolute atomic E-state index is 0.202. The highest BCUT2D eigenvalue weighted by atomic mass is 14.4. The standard InChI is InChI=1S/C39H28/c1-25-21-29-19-20-30-23-31(24-36-38(30)37(29)35(22-25)39(36,2)32-11-4-3-5-12-32)26-15-17-28(18-16-26)34-14-8-10-27-9-6-7-13-33(27)34/h3-24H,1-2H3. The molecule has 1 atom stereocenters. The van der Waals surface area contributed by atoms with Gasteiger partial charge in [-0.3, -0.25) is 0 Å². The number of hydrogen-bond acceptors (Lipinski definition) is 0. The first-order valence-electron chi connectivity index (χ1n) is 13.8. The Balaban J connectivity index is 1.32. The third-order valence-corrected chi connectivity index (χ3v) is 8.92. The summed E-state index contributed by atoms with van der Waals surface area (Å²) in [4.78, 5) is 0. The van der Waals surface area contributed by atoms with Crippen LogP contribution in [0.3, 0.4) is 0 Å². The van der Waals surface area contributed by atoms with Crippen LogP contribution in [-0.4, -0.2) is 0 Å². The Morgan fingerprint density at radius 3 is 1.90 bits per heavy atom. The molecule has 1 aliphatic carbocycles. The molecule has 0 N–H and O–H groups in total. The summed E-state index contributed by atoms with van der Waals surface area (Å²) in [7, 11) is 0. The quantitative estimate of drug-likeness (QED) is 0.213. The van der Waals surface area contributed by atoms with Crippen molar-refractivity contribution in [3.8, 4) is 22.3 Å². The minimum Gasteiger partial charge on any atom is -0.0622 e. The fraction of sp³-hybridized carbons (Fsp3) is 0.0769. The smallest absolute Gasteiger partial charge is 0.0436 e. The van der Waals surface area contributed by atoms with E-state index in [2.05, 4.69) is 147 Å². The molecule has 0 radical (unpaired) electrons. The molecule has 1 unspecified atom stereocenters. The van der Waals surface area contributed by atoms with Crippen LogP contribution < -0.4 is 0 Å². The van der Waals surface area contributed by atoms with Crippen molar-refractivity contribution in [2.45, 2.75) is 19.3 Å². The second-order valence-corrected chi connectivity index (χ2v) is 11.2. The molecule has 0 heteroatoms. The molecule has 184 valence electrons. The summed E-state index contributed by atoms with van der Waals surface area (Å²) in [6.45, 7) is 4.64. The van der Waals surface area contributed by atoms with Gasteiger partial charge >= 0.3 is 0 Å². The van der Waals surface area contributed by atoms with E-state index in [1.807, 2.05) is 0 Å². The van der Waals surface area contributed by atoms with E-state index in [-0.39, 0.29) is 5.41 Å². The van der Waals surface area contributed by atoms with Gasteiger partial charge in [0.15, 0.2) is 0 Å². The zero-order valence-electron chi connectivity index (χ0n) is 22.2. The van der Waals surface area contributed by atoms with E-state index in [0.29, 0.717) is 0 Å². The zero-order valence-corrected chi connectivity index (χ0v) is 22.2. The minimum atomic E-state index is -0.202. The van der Waals surface area contributed by atoms with E-state index in [9.17, 15) is 0 Å². The Kier molecular flexibility index (Phi) is 4.67. The van der Waals surface area contributed by atoms with E-state index in [4.69, 9.17) is 0 Å². The lowest BCUT2D eigenvalue weighted by Gasteiger charge is -2.29. The largest absolute Gasteiger partial charge is 0.0622 e. The predicted molar refractivity (Wildman–Crippen MR) is 167 cm³/mol. The second-order valence-electron chi connectivity index (χ2n) is 11.2. The van der Waals surface area contributed by atoms with Gasteiger partial charge in [-0.15, -0.1) is 0 Å². The van der Waals surface area contributed by atoms with E-state index in [1.165, 1.54) is 76.8 Å². The molecule has 39 heavy (non-hydrogen) atoms. The Bertz CT molecular complexity index is 2060. The molecule has 0 amide bonds. The molecule has 0 saturated heterocycles. The van der Waals surface area contributed by atoms with Gasteiger partial charge in [-0.1, -0.05) is 127 Å². The van der Waals surface area contributed by atoms with Crippen LogP contribution in [0.4, 0.5) is 0 Å². The molecule has 1 aliphatic rings. The molecule has 8 rings (SSSR count). The van der Waals surface area contributed by atoms with Crippen molar-refractivity contribution < 1.29 is 0 Å². The Hall–Kier alpha value is -4.68. The molecule has 0 saturated carbocycles. The van der Waals surface area contributed by atoms with Crippen molar-refractivity contribution in [1.29, 1.82) is 0 Å². The summed E-state index contributed by atoms with van der Waals surface area (Å²) in [5.41, 5.74) is 10.3. The van der Waals surface area contributed by atoms with E-state index >= 15 is 0 Å². The Morgan fingerprint density at radius 2 is 1.10 bits per heavy atom. The van der Waals surface area contributed by atoms with Gasteiger partial charge in [-0.25, -0.2) is 0 Å². The summed E-state index contributed by atoms with van der Waals surface area (Å²) >= 11 is 0. The Morgan fingerprint density at radius 1 is 0.462 bits per heavy atom. The highest BCUT2D eigenvalue weighted by Crippen LogP contribution is 2.53. The van der Waals surface area contributed by atoms with Gasteiger partial charge in [0.05, 0.1) is 0 Å². The van der Waals surface area contributed by atoms with Gasteiger partial charge in [0, 0.05) is 5.41 Å². The summed E-state index contributed by atoms with van der Waals surface area (Å²) in [5.74, 6) is 0. The lowest BCUT2D eigenvalue weighted by Crippen LogP contribution is -2.22. The lowest BCUT2D eigenvalue weighted by molar-refractivity contribution is 0.716. The van der Waals surface area contributed by atoms with Crippen molar-refractivity contribution in [2.75, 3.05) is 0 Å². The average molecular weight is 497 g/mol. The van der Waals surface area contributed by atoms with Gasteiger partial charge in [0.2, 0.25) is 0 Å². The van der Waals surface area contributed by atoms with Crippen molar-refractivity contribution >= 4 is 32.3 Å². The zero-order chi connectivity index (χ0) is 26.1. The molecule has 0 fully saturated rings. The third kappa shape index (κ3) is 3.18. The van der Waals surface area contributed by atoms with Gasteiger partial charge in [-0.2, -0.15) is 0 Å². The molecule has 0 heterocycles.